The van der Waals surface area contributed by atoms with Crippen LogP contribution in [-0.2, 0) is 17.3 Å². The minimum Gasteiger partial charge on any atom is -0.497 e. The first-order valence-corrected chi connectivity index (χ1v) is 11.8. The number of methoxy groups -OCH3 is 1. The minimum absolute atomic E-state index is 0.0648. The first kappa shape index (κ1) is 28.6. The van der Waals surface area contributed by atoms with Crippen LogP contribution in [0.25, 0.3) is 0 Å². The van der Waals surface area contributed by atoms with Crippen molar-refractivity contribution in [3.63, 3.8) is 0 Å². The van der Waals surface area contributed by atoms with E-state index in [2.05, 4.69) is 17.6 Å². The second kappa shape index (κ2) is 17.3. The summed E-state index contributed by atoms with van der Waals surface area (Å²) in [5.41, 5.74) is 2.11. The normalized spacial score (nSPS) is 15.0. The molecule has 0 bridgehead atoms. The van der Waals surface area contributed by atoms with Gasteiger partial charge in [-0.2, -0.15) is 0 Å². The van der Waals surface area contributed by atoms with Crippen molar-refractivity contribution in [1.82, 2.24) is 10.6 Å². The molecule has 0 spiro atoms. The van der Waals surface area contributed by atoms with Gasteiger partial charge in [0.2, 0.25) is 0 Å². The number of hydrogen-bond acceptors (Lipinski definition) is 5. The molecule has 0 aliphatic carbocycles. The lowest BCUT2D eigenvalue weighted by atomic mass is 10.2. The fraction of sp³-hybridized carbons (Fsp3) is 0.435. The molecule has 1 amide bonds. The summed E-state index contributed by atoms with van der Waals surface area (Å²) in [5, 5.41) is 22.3. The molecule has 7 nitrogen and oxygen atoms in total. The van der Waals surface area contributed by atoms with Crippen LogP contribution >= 0.6 is 0 Å². The lowest BCUT2D eigenvalue weighted by molar-refractivity contribution is 0.193. The summed E-state index contributed by atoms with van der Waals surface area (Å²) in [6, 6.07) is 14.9. The third-order valence-electron chi connectivity index (χ3n) is 3.99. The fourth-order valence-corrected chi connectivity index (χ4v) is 2.81. The summed E-state index contributed by atoms with van der Waals surface area (Å²) in [5.74, 6) is 0.917. The Balaban J connectivity index is 0.000000452. The van der Waals surface area contributed by atoms with E-state index in [1.54, 1.807) is 37.6 Å². The predicted octanol–water partition coefficient (Wildman–Crippen LogP) is 3.56. The molecule has 2 aromatic rings. The zero-order valence-electron chi connectivity index (χ0n) is 19.1. The van der Waals surface area contributed by atoms with E-state index in [0.29, 0.717) is 0 Å². The molecule has 1 heterocycles. The second-order valence-corrected chi connectivity index (χ2v) is 7.80. The molecule has 2 aromatic carbocycles. The maximum absolute atomic E-state index is 11.0. The molecule has 1 aliphatic rings. The van der Waals surface area contributed by atoms with Gasteiger partial charge < -0.3 is 25.6 Å². The third-order valence-corrected chi connectivity index (χ3v) is 4.93. The molecule has 1 aliphatic heterocycles. The standard InChI is InChI=1S/C9H11NO3S.C8H10O.C4H9NO.C2H6/c1-14(13)8-4-2-7(3-5-8)6-10-9(11)12;1-7-3-5-8(9-2)6-4-7;6-4-1-2-5-3-4;1-2/h2-5,10H,6H2,1H3,(H,11,12);3-6H,1-2H3;4-6H,1-3H2;1-2H3. The molecule has 0 aromatic heterocycles. The number of amides is 1. The van der Waals surface area contributed by atoms with Gasteiger partial charge in [-0.05, 0) is 49.7 Å². The molecule has 2 atom stereocenters. The number of carboxylic acid groups (broad SMARTS) is 1. The van der Waals surface area contributed by atoms with E-state index in [4.69, 9.17) is 14.9 Å². The van der Waals surface area contributed by atoms with Crippen molar-refractivity contribution >= 4 is 16.9 Å². The fourth-order valence-electron chi connectivity index (χ4n) is 2.29. The van der Waals surface area contributed by atoms with Gasteiger partial charge in [0.15, 0.2) is 0 Å². The smallest absolute Gasteiger partial charge is 0.404 e. The number of rotatable bonds is 4. The summed E-state index contributed by atoms with van der Waals surface area (Å²) in [4.78, 5) is 10.9. The van der Waals surface area contributed by atoms with Crippen LogP contribution in [0, 0.1) is 6.92 Å². The molecule has 3 rings (SSSR count). The number of aliphatic hydroxyl groups is 1. The van der Waals surface area contributed by atoms with Gasteiger partial charge in [-0.25, -0.2) is 4.79 Å². The highest BCUT2D eigenvalue weighted by Gasteiger charge is 2.08. The Bertz CT molecular complexity index is 746. The Morgan fingerprint density at radius 2 is 1.74 bits per heavy atom. The van der Waals surface area contributed by atoms with Crippen LogP contribution in [0.15, 0.2) is 53.4 Å². The van der Waals surface area contributed by atoms with Crippen molar-refractivity contribution in [1.29, 1.82) is 0 Å². The van der Waals surface area contributed by atoms with Crippen LogP contribution in [-0.4, -0.2) is 53.1 Å². The molecule has 4 N–H and O–H groups in total. The van der Waals surface area contributed by atoms with Crippen molar-refractivity contribution in [3.8, 4) is 5.75 Å². The number of aliphatic hydroxyl groups excluding tert-OH is 1. The Kier molecular flexibility index (Phi) is 15.9. The van der Waals surface area contributed by atoms with Gasteiger partial charge in [0.25, 0.3) is 0 Å². The number of nitrogens with one attached hydrogen (secondary N) is 2. The quantitative estimate of drug-likeness (QED) is 0.565. The van der Waals surface area contributed by atoms with Crippen LogP contribution < -0.4 is 15.4 Å². The number of hydrogen-bond donors (Lipinski definition) is 4. The van der Waals surface area contributed by atoms with Gasteiger partial charge in [0.1, 0.15) is 5.75 Å². The van der Waals surface area contributed by atoms with Crippen molar-refractivity contribution in [2.24, 2.45) is 0 Å². The highest BCUT2D eigenvalue weighted by atomic mass is 32.2. The van der Waals surface area contributed by atoms with Gasteiger partial charge in [-0.1, -0.05) is 43.7 Å². The van der Waals surface area contributed by atoms with Crippen LogP contribution in [0.5, 0.6) is 5.75 Å². The molecular weight excluding hydrogens is 416 g/mol. The van der Waals surface area contributed by atoms with Crippen molar-refractivity contribution in [3.05, 3.63) is 59.7 Å². The summed E-state index contributed by atoms with van der Waals surface area (Å²) >= 11 is 0. The van der Waals surface area contributed by atoms with Crippen molar-refractivity contribution in [2.75, 3.05) is 26.5 Å². The van der Waals surface area contributed by atoms with E-state index in [9.17, 15) is 9.00 Å². The van der Waals surface area contributed by atoms with Gasteiger partial charge in [0, 0.05) is 35.0 Å². The highest BCUT2D eigenvalue weighted by molar-refractivity contribution is 7.84. The molecule has 1 fully saturated rings. The molecule has 0 radical (unpaired) electrons. The molecule has 31 heavy (non-hydrogen) atoms. The predicted molar refractivity (Wildman–Crippen MR) is 126 cm³/mol. The molecule has 1 saturated heterocycles. The minimum atomic E-state index is -1.05. The van der Waals surface area contributed by atoms with Gasteiger partial charge >= 0.3 is 6.09 Å². The molecular formula is C23H36N2O5S. The van der Waals surface area contributed by atoms with Crippen LogP contribution in [0.1, 0.15) is 31.4 Å². The average molecular weight is 453 g/mol. The number of carbonyl (C=O) groups is 1. The maximum Gasteiger partial charge on any atom is 0.404 e. The number of aryl methyl sites for hydroxylation is 1. The Morgan fingerprint density at radius 3 is 2.10 bits per heavy atom. The Hall–Kier alpha value is -2.42. The van der Waals surface area contributed by atoms with Crippen LogP contribution in [0.4, 0.5) is 4.79 Å². The lowest BCUT2D eigenvalue weighted by Crippen LogP contribution is -2.19. The van der Waals surface area contributed by atoms with Gasteiger partial charge in [-0.3, -0.25) is 4.21 Å². The average Bonchev–Trinajstić information content (AvgIpc) is 3.26. The summed E-state index contributed by atoms with van der Waals surface area (Å²) < 4.78 is 16.0. The zero-order valence-corrected chi connectivity index (χ0v) is 19.9. The first-order valence-electron chi connectivity index (χ1n) is 10.2. The third kappa shape index (κ3) is 14.3. The van der Waals surface area contributed by atoms with E-state index >= 15 is 0 Å². The summed E-state index contributed by atoms with van der Waals surface area (Å²) in [6.07, 6.45) is 1.42. The second-order valence-electron chi connectivity index (χ2n) is 6.42. The first-order chi connectivity index (χ1) is 14.8. The Labute approximate surface area is 188 Å². The number of benzene rings is 2. The summed E-state index contributed by atoms with van der Waals surface area (Å²) in [7, 11) is 0.685. The SMILES string of the molecule is CC.COc1ccc(C)cc1.CS(=O)c1ccc(CNC(=O)O)cc1.OC1CCNC1. The molecule has 8 heteroatoms. The van der Waals surface area contributed by atoms with E-state index < -0.39 is 16.9 Å². The summed E-state index contributed by atoms with van der Waals surface area (Å²) in [6.45, 7) is 8.10. The van der Waals surface area contributed by atoms with Gasteiger partial charge in [0.05, 0.1) is 13.2 Å². The Morgan fingerprint density at radius 1 is 1.16 bits per heavy atom. The topological polar surface area (TPSA) is 108 Å². The maximum atomic E-state index is 11.0. The van der Waals surface area contributed by atoms with E-state index in [1.165, 1.54) is 5.56 Å². The highest BCUT2D eigenvalue weighted by Crippen LogP contribution is 2.09. The van der Waals surface area contributed by atoms with Crippen LogP contribution in [0.2, 0.25) is 0 Å². The van der Waals surface area contributed by atoms with E-state index in [0.717, 1.165) is 35.7 Å². The van der Waals surface area contributed by atoms with Crippen molar-refractivity contribution in [2.45, 2.75) is 44.7 Å². The van der Waals surface area contributed by atoms with Gasteiger partial charge in [-0.15, -0.1) is 0 Å². The monoisotopic (exact) mass is 452 g/mol. The lowest BCUT2D eigenvalue weighted by Gasteiger charge is -2.02. The largest absolute Gasteiger partial charge is 0.497 e. The van der Waals surface area contributed by atoms with E-state index in [-0.39, 0.29) is 12.6 Å². The van der Waals surface area contributed by atoms with Crippen LogP contribution in [0.3, 0.4) is 0 Å². The van der Waals surface area contributed by atoms with Crippen molar-refractivity contribution < 1.29 is 24.0 Å². The van der Waals surface area contributed by atoms with E-state index in [1.807, 2.05) is 38.1 Å². The molecule has 174 valence electrons. The number of β-amino-alcohol motifs (C(OH)–C–C–N with tert-alkyl or cyclic N) is 1. The number of ether oxygens (including phenoxy) is 1. The molecule has 2 unspecified atom stereocenters. The molecule has 0 saturated carbocycles. The zero-order chi connectivity index (χ0) is 23.6.